The lowest BCUT2D eigenvalue weighted by Gasteiger charge is -2.36. The van der Waals surface area contributed by atoms with Crippen LogP contribution in [0.15, 0.2) is 36.7 Å². The summed E-state index contributed by atoms with van der Waals surface area (Å²) in [6.07, 6.45) is 3.70. The zero-order chi connectivity index (χ0) is 17.1. The molecule has 0 radical (unpaired) electrons. The second kappa shape index (κ2) is 7.36. The lowest BCUT2D eigenvalue weighted by molar-refractivity contribution is -0.136. The van der Waals surface area contributed by atoms with Crippen molar-refractivity contribution in [1.29, 1.82) is 0 Å². The second-order valence-corrected chi connectivity index (χ2v) is 6.84. The number of hydrogen-bond acceptors (Lipinski definition) is 3. The number of piperazine rings is 1. The third kappa shape index (κ3) is 3.97. The van der Waals surface area contributed by atoms with E-state index in [0.717, 1.165) is 43.3 Å². The van der Waals surface area contributed by atoms with Gasteiger partial charge in [-0.1, -0.05) is 23.7 Å². The van der Waals surface area contributed by atoms with Crippen molar-refractivity contribution in [3.05, 3.63) is 52.8 Å². The molecule has 0 N–H and O–H groups in total. The summed E-state index contributed by atoms with van der Waals surface area (Å²) in [6, 6.07) is 7.71. The smallest absolute Gasteiger partial charge is 0.247 e. The molecule has 1 saturated heterocycles. The molecule has 0 saturated carbocycles. The van der Waals surface area contributed by atoms with Crippen molar-refractivity contribution in [3.63, 3.8) is 0 Å². The minimum Gasteiger partial charge on any atom is -0.338 e. The van der Waals surface area contributed by atoms with Crippen LogP contribution in [0.3, 0.4) is 0 Å². The van der Waals surface area contributed by atoms with Crippen LogP contribution >= 0.6 is 11.6 Å². The van der Waals surface area contributed by atoms with E-state index < -0.39 is 0 Å². The number of nitrogens with zero attached hydrogens (tertiary/aromatic N) is 4. The van der Waals surface area contributed by atoms with Gasteiger partial charge in [0.15, 0.2) is 0 Å². The fraction of sp³-hybridized carbons (Fsp3) is 0.444. The van der Waals surface area contributed by atoms with Crippen molar-refractivity contribution in [2.24, 2.45) is 0 Å². The molecule has 128 valence electrons. The van der Waals surface area contributed by atoms with Gasteiger partial charge in [-0.2, -0.15) is 5.10 Å². The number of aryl methyl sites for hydroxylation is 1. The first-order valence-electron chi connectivity index (χ1n) is 8.29. The van der Waals surface area contributed by atoms with Crippen LogP contribution in [0.5, 0.6) is 0 Å². The molecule has 1 aliphatic heterocycles. The molecule has 1 aliphatic rings. The van der Waals surface area contributed by atoms with Crippen molar-refractivity contribution in [1.82, 2.24) is 19.6 Å². The van der Waals surface area contributed by atoms with Crippen LogP contribution in [0.1, 0.15) is 24.1 Å². The predicted octanol–water partition coefficient (Wildman–Crippen LogP) is 2.75. The highest BCUT2D eigenvalue weighted by atomic mass is 35.5. The maximum atomic E-state index is 12.6. The third-order valence-corrected chi connectivity index (χ3v) is 4.74. The summed E-state index contributed by atoms with van der Waals surface area (Å²) in [7, 11) is 0. The van der Waals surface area contributed by atoms with E-state index in [0.29, 0.717) is 0 Å². The molecule has 2 aromatic rings. The average Bonchev–Trinajstić information content (AvgIpc) is 3.03. The molecule has 2 heterocycles. The predicted molar refractivity (Wildman–Crippen MR) is 95.0 cm³/mol. The zero-order valence-corrected chi connectivity index (χ0v) is 14.9. The number of rotatable bonds is 4. The Morgan fingerprint density at radius 2 is 1.88 bits per heavy atom. The number of benzene rings is 1. The average molecular weight is 347 g/mol. The zero-order valence-electron chi connectivity index (χ0n) is 14.2. The normalized spacial score (nSPS) is 17.0. The lowest BCUT2D eigenvalue weighted by atomic mass is 10.2. The van der Waals surface area contributed by atoms with Gasteiger partial charge in [0.05, 0.1) is 6.20 Å². The Balaban J connectivity index is 1.52. The van der Waals surface area contributed by atoms with Crippen LogP contribution in [0.2, 0.25) is 5.02 Å². The number of carbonyl (C=O) groups is 1. The highest BCUT2D eigenvalue weighted by Crippen LogP contribution is 2.15. The molecular formula is C18H23ClN4O. The Bertz CT molecular complexity index is 689. The number of hydrogen-bond donors (Lipinski definition) is 0. The Morgan fingerprint density at radius 1 is 1.21 bits per heavy atom. The quantitative estimate of drug-likeness (QED) is 0.854. The highest BCUT2D eigenvalue weighted by molar-refractivity contribution is 6.30. The van der Waals surface area contributed by atoms with Crippen molar-refractivity contribution >= 4 is 17.5 Å². The second-order valence-electron chi connectivity index (χ2n) is 6.40. The molecular weight excluding hydrogens is 324 g/mol. The Labute approximate surface area is 147 Å². The van der Waals surface area contributed by atoms with Gasteiger partial charge in [0.1, 0.15) is 6.04 Å². The van der Waals surface area contributed by atoms with Gasteiger partial charge in [0.2, 0.25) is 5.91 Å². The fourth-order valence-electron chi connectivity index (χ4n) is 3.00. The first-order chi connectivity index (χ1) is 11.5. The lowest BCUT2D eigenvalue weighted by Crippen LogP contribution is -2.49. The summed E-state index contributed by atoms with van der Waals surface area (Å²) in [5.74, 6) is 0.143. The van der Waals surface area contributed by atoms with Gasteiger partial charge in [0, 0.05) is 43.9 Å². The molecule has 24 heavy (non-hydrogen) atoms. The topological polar surface area (TPSA) is 41.4 Å². The van der Waals surface area contributed by atoms with E-state index in [-0.39, 0.29) is 11.9 Å². The summed E-state index contributed by atoms with van der Waals surface area (Å²) in [6.45, 7) is 8.09. The first kappa shape index (κ1) is 17.0. The van der Waals surface area contributed by atoms with Crippen molar-refractivity contribution in [3.8, 4) is 0 Å². The summed E-state index contributed by atoms with van der Waals surface area (Å²) >= 11 is 5.93. The summed E-state index contributed by atoms with van der Waals surface area (Å²) < 4.78 is 1.75. The molecule has 0 bridgehead atoms. The van der Waals surface area contributed by atoms with Crippen LogP contribution in [-0.2, 0) is 11.3 Å². The maximum absolute atomic E-state index is 12.6. The van der Waals surface area contributed by atoms with E-state index in [9.17, 15) is 4.79 Å². The molecule has 1 atom stereocenters. The Hall–Kier alpha value is -1.85. The number of halogens is 1. The third-order valence-electron chi connectivity index (χ3n) is 4.49. The van der Waals surface area contributed by atoms with Crippen LogP contribution in [0, 0.1) is 6.92 Å². The van der Waals surface area contributed by atoms with Gasteiger partial charge in [-0.15, -0.1) is 0 Å². The van der Waals surface area contributed by atoms with E-state index in [1.807, 2.05) is 37.1 Å². The van der Waals surface area contributed by atoms with Crippen LogP contribution in [-0.4, -0.2) is 51.7 Å². The Morgan fingerprint density at radius 3 is 2.46 bits per heavy atom. The number of carbonyl (C=O) groups excluding carboxylic acids is 1. The standard InChI is InChI=1S/C18H23ClN4O/c1-14-11-20-23(12-14)15(2)18(24)22-9-7-21(8-10-22)13-16-3-5-17(19)6-4-16/h3-6,11-12,15H,7-10,13H2,1-2H3/t15-/m1/s1. The summed E-state index contributed by atoms with van der Waals surface area (Å²) in [4.78, 5) is 17.0. The molecule has 5 nitrogen and oxygen atoms in total. The van der Waals surface area contributed by atoms with Crippen molar-refractivity contribution in [2.45, 2.75) is 26.4 Å². The van der Waals surface area contributed by atoms with E-state index in [2.05, 4.69) is 22.1 Å². The number of amides is 1. The fourth-order valence-corrected chi connectivity index (χ4v) is 3.12. The molecule has 1 amide bonds. The largest absolute Gasteiger partial charge is 0.338 e. The number of aromatic nitrogens is 2. The summed E-state index contributed by atoms with van der Waals surface area (Å²) in [5, 5.41) is 5.02. The van der Waals surface area contributed by atoms with E-state index >= 15 is 0 Å². The molecule has 0 unspecified atom stereocenters. The van der Waals surface area contributed by atoms with Gasteiger partial charge in [0.25, 0.3) is 0 Å². The highest BCUT2D eigenvalue weighted by Gasteiger charge is 2.26. The van der Waals surface area contributed by atoms with Gasteiger partial charge in [-0.25, -0.2) is 0 Å². The molecule has 0 aliphatic carbocycles. The van der Waals surface area contributed by atoms with Crippen molar-refractivity contribution in [2.75, 3.05) is 26.2 Å². The van der Waals surface area contributed by atoms with Crippen molar-refractivity contribution < 1.29 is 4.79 Å². The first-order valence-corrected chi connectivity index (χ1v) is 8.67. The minimum absolute atomic E-state index is 0.143. The van der Waals surface area contributed by atoms with Crippen LogP contribution in [0.4, 0.5) is 0 Å². The van der Waals surface area contributed by atoms with E-state index in [1.165, 1.54) is 5.56 Å². The van der Waals surface area contributed by atoms with E-state index in [1.54, 1.807) is 10.9 Å². The Kier molecular flexibility index (Phi) is 5.21. The van der Waals surface area contributed by atoms with Gasteiger partial charge in [-0.05, 0) is 37.1 Å². The molecule has 0 spiro atoms. The van der Waals surface area contributed by atoms with Gasteiger partial charge >= 0.3 is 0 Å². The monoisotopic (exact) mass is 346 g/mol. The maximum Gasteiger partial charge on any atom is 0.247 e. The molecule has 6 heteroatoms. The SMILES string of the molecule is Cc1cnn([C@H](C)C(=O)N2CCN(Cc3ccc(Cl)cc3)CC2)c1. The molecule has 1 aromatic heterocycles. The minimum atomic E-state index is -0.249. The molecule has 1 fully saturated rings. The molecule has 1 aromatic carbocycles. The molecule has 3 rings (SSSR count). The van der Waals surface area contributed by atoms with Crippen LogP contribution < -0.4 is 0 Å². The van der Waals surface area contributed by atoms with Gasteiger partial charge in [-0.3, -0.25) is 14.4 Å². The van der Waals surface area contributed by atoms with Crippen LogP contribution in [0.25, 0.3) is 0 Å². The summed E-state index contributed by atoms with van der Waals surface area (Å²) in [5.41, 5.74) is 2.32. The van der Waals surface area contributed by atoms with E-state index in [4.69, 9.17) is 11.6 Å². The van der Waals surface area contributed by atoms with Gasteiger partial charge < -0.3 is 4.90 Å².